The molecule has 0 radical (unpaired) electrons. The summed E-state index contributed by atoms with van der Waals surface area (Å²) in [5.41, 5.74) is 6.55. The Balaban J connectivity index is 2.28. The topological polar surface area (TPSA) is 76.8 Å². The minimum absolute atomic E-state index is 0.0177. The van der Waals surface area contributed by atoms with Crippen molar-refractivity contribution in [2.24, 2.45) is 5.73 Å². The molecular formula is C13H19N3O3. The monoisotopic (exact) mass is 265 g/mol. The van der Waals surface area contributed by atoms with Crippen LogP contribution in [0.15, 0.2) is 18.2 Å². The lowest BCUT2D eigenvalue weighted by Crippen LogP contribution is -2.34. The van der Waals surface area contributed by atoms with Crippen molar-refractivity contribution in [3.05, 3.63) is 23.8 Å². The molecule has 2 rings (SSSR count). The van der Waals surface area contributed by atoms with Crippen molar-refractivity contribution in [3.8, 4) is 11.5 Å². The summed E-state index contributed by atoms with van der Waals surface area (Å²) < 4.78 is 10.5. The van der Waals surface area contributed by atoms with Crippen molar-refractivity contribution >= 4 is 6.03 Å². The van der Waals surface area contributed by atoms with E-state index in [0.29, 0.717) is 31.1 Å². The Hall–Kier alpha value is -1.95. The molecule has 2 amide bonds. The molecule has 1 aromatic carbocycles. The van der Waals surface area contributed by atoms with Crippen molar-refractivity contribution in [1.29, 1.82) is 0 Å². The number of amides is 2. The Bertz CT molecular complexity index is 464. The first kappa shape index (κ1) is 13.5. The number of methoxy groups -OCH3 is 2. The van der Waals surface area contributed by atoms with Gasteiger partial charge in [0.15, 0.2) is 11.5 Å². The van der Waals surface area contributed by atoms with Gasteiger partial charge in [0.1, 0.15) is 0 Å². The van der Waals surface area contributed by atoms with E-state index in [1.165, 1.54) is 0 Å². The van der Waals surface area contributed by atoms with Crippen molar-refractivity contribution in [1.82, 2.24) is 10.2 Å². The molecule has 19 heavy (non-hydrogen) atoms. The molecule has 1 fully saturated rings. The van der Waals surface area contributed by atoms with Gasteiger partial charge in [-0.2, -0.15) is 0 Å². The third-order valence-corrected chi connectivity index (χ3v) is 3.25. The Morgan fingerprint density at radius 2 is 2.11 bits per heavy atom. The van der Waals surface area contributed by atoms with E-state index in [-0.39, 0.29) is 12.1 Å². The zero-order chi connectivity index (χ0) is 13.8. The van der Waals surface area contributed by atoms with Crippen LogP contribution in [0.25, 0.3) is 0 Å². The summed E-state index contributed by atoms with van der Waals surface area (Å²) >= 11 is 0. The summed E-state index contributed by atoms with van der Waals surface area (Å²) in [5, 5.41) is 2.83. The molecule has 1 aliphatic heterocycles. The largest absolute Gasteiger partial charge is 0.493 e. The second-order valence-corrected chi connectivity index (χ2v) is 4.30. The average molecular weight is 265 g/mol. The highest BCUT2D eigenvalue weighted by molar-refractivity contribution is 5.77. The number of nitrogens with one attached hydrogen (secondary N) is 1. The molecule has 6 nitrogen and oxygen atoms in total. The summed E-state index contributed by atoms with van der Waals surface area (Å²) in [6.45, 7) is 1.55. The number of nitrogens with zero attached hydrogens (tertiary/aromatic N) is 1. The van der Waals surface area contributed by atoms with Crippen LogP contribution in [0.2, 0.25) is 0 Å². The second kappa shape index (κ2) is 5.79. The first-order valence-electron chi connectivity index (χ1n) is 6.17. The quantitative estimate of drug-likeness (QED) is 0.823. The van der Waals surface area contributed by atoms with Gasteiger partial charge in [-0.3, -0.25) is 0 Å². The number of ether oxygens (including phenoxy) is 2. The zero-order valence-corrected chi connectivity index (χ0v) is 11.2. The maximum atomic E-state index is 11.7. The number of rotatable bonds is 5. The molecule has 1 heterocycles. The van der Waals surface area contributed by atoms with Crippen molar-refractivity contribution in [2.75, 3.05) is 33.9 Å². The highest BCUT2D eigenvalue weighted by Gasteiger charge is 2.31. The maximum absolute atomic E-state index is 11.7. The van der Waals surface area contributed by atoms with Gasteiger partial charge in [-0.05, 0) is 17.7 Å². The van der Waals surface area contributed by atoms with E-state index in [4.69, 9.17) is 15.2 Å². The van der Waals surface area contributed by atoms with Crippen LogP contribution >= 0.6 is 0 Å². The summed E-state index contributed by atoms with van der Waals surface area (Å²) in [6, 6.07) is 5.59. The molecule has 1 unspecified atom stereocenters. The Labute approximate surface area is 112 Å². The fourth-order valence-corrected chi connectivity index (χ4v) is 2.29. The Kier molecular flexibility index (Phi) is 4.11. The number of carbonyl (C=O) groups excluding carboxylic acids is 1. The third-order valence-electron chi connectivity index (χ3n) is 3.25. The molecule has 104 valence electrons. The lowest BCUT2D eigenvalue weighted by molar-refractivity contribution is 0.205. The minimum Gasteiger partial charge on any atom is -0.493 e. The fraction of sp³-hybridized carbons (Fsp3) is 0.462. The number of benzene rings is 1. The highest BCUT2D eigenvalue weighted by atomic mass is 16.5. The minimum atomic E-state index is -0.0785. The van der Waals surface area contributed by atoms with Gasteiger partial charge < -0.3 is 25.4 Å². The first-order valence-corrected chi connectivity index (χ1v) is 6.17. The summed E-state index contributed by atoms with van der Waals surface area (Å²) in [5.74, 6) is 1.33. The lowest BCUT2D eigenvalue weighted by Gasteiger charge is -2.23. The first-order chi connectivity index (χ1) is 9.21. The SMILES string of the molecule is COc1ccc(C2CNC(=O)N2CCN)cc1OC. The van der Waals surface area contributed by atoms with E-state index in [0.717, 1.165) is 5.56 Å². The summed E-state index contributed by atoms with van der Waals surface area (Å²) in [4.78, 5) is 13.5. The van der Waals surface area contributed by atoms with E-state index in [2.05, 4.69) is 5.32 Å². The van der Waals surface area contributed by atoms with Crippen LogP contribution in [0, 0.1) is 0 Å². The molecule has 1 saturated heterocycles. The molecule has 0 aliphatic carbocycles. The molecule has 0 spiro atoms. The molecule has 1 aromatic rings. The molecule has 3 N–H and O–H groups in total. The Morgan fingerprint density at radius 1 is 1.37 bits per heavy atom. The smallest absolute Gasteiger partial charge is 0.318 e. The fourth-order valence-electron chi connectivity index (χ4n) is 2.29. The summed E-state index contributed by atoms with van der Waals surface area (Å²) in [6.07, 6.45) is 0. The lowest BCUT2D eigenvalue weighted by atomic mass is 10.1. The number of nitrogens with two attached hydrogens (primary N) is 1. The van der Waals surface area contributed by atoms with Gasteiger partial charge in [-0.15, -0.1) is 0 Å². The number of carbonyl (C=O) groups is 1. The normalized spacial score (nSPS) is 18.4. The molecular weight excluding hydrogens is 246 g/mol. The molecule has 1 atom stereocenters. The number of hydrogen-bond acceptors (Lipinski definition) is 4. The van der Waals surface area contributed by atoms with Crippen LogP contribution in [0.4, 0.5) is 4.79 Å². The van der Waals surface area contributed by atoms with Gasteiger partial charge in [0.2, 0.25) is 0 Å². The van der Waals surface area contributed by atoms with E-state index in [1.54, 1.807) is 19.1 Å². The van der Waals surface area contributed by atoms with Crippen LogP contribution in [0.1, 0.15) is 11.6 Å². The van der Waals surface area contributed by atoms with E-state index < -0.39 is 0 Å². The van der Waals surface area contributed by atoms with Gasteiger partial charge >= 0.3 is 6.03 Å². The van der Waals surface area contributed by atoms with Crippen molar-refractivity contribution < 1.29 is 14.3 Å². The Morgan fingerprint density at radius 3 is 2.74 bits per heavy atom. The highest BCUT2D eigenvalue weighted by Crippen LogP contribution is 2.32. The van der Waals surface area contributed by atoms with Gasteiger partial charge in [0, 0.05) is 19.6 Å². The van der Waals surface area contributed by atoms with Crippen LogP contribution in [-0.4, -0.2) is 44.8 Å². The van der Waals surface area contributed by atoms with Gasteiger partial charge in [-0.1, -0.05) is 6.07 Å². The second-order valence-electron chi connectivity index (χ2n) is 4.30. The number of urea groups is 1. The predicted octanol–water partition coefficient (Wildman–Crippen LogP) is 0.729. The standard InChI is InChI=1S/C13H19N3O3/c1-18-11-4-3-9(7-12(11)19-2)10-8-15-13(17)16(10)6-5-14/h3-4,7,10H,5-6,8,14H2,1-2H3,(H,15,17). The van der Waals surface area contributed by atoms with Crippen LogP contribution in [-0.2, 0) is 0 Å². The van der Waals surface area contributed by atoms with Crippen LogP contribution in [0.5, 0.6) is 11.5 Å². The van der Waals surface area contributed by atoms with Gasteiger partial charge in [0.05, 0.1) is 20.3 Å². The predicted molar refractivity (Wildman–Crippen MR) is 71.4 cm³/mol. The van der Waals surface area contributed by atoms with Gasteiger partial charge in [0.25, 0.3) is 0 Å². The molecule has 1 aliphatic rings. The van der Waals surface area contributed by atoms with Crippen molar-refractivity contribution in [2.45, 2.75) is 6.04 Å². The molecule has 0 aromatic heterocycles. The number of hydrogen-bond donors (Lipinski definition) is 2. The van der Waals surface area contributed by atoms with E-state index in [1.807, 2.05) is 18.2 Å². The maximum Gasteiger partial charge on any atom is 0.318 e. The van der Waals surface area contributed by atoms with E-state index >= 15 is 0 Å². The van der Waals surface area contributed by atoms with E-state index in [9.17, 15) is 4.79 Å². The molecule has 6 heteroatoms. The third kappa shape index (κ3) is 2.58. The van der Waals surface area contributed by atoms with Crippen LogP contribution < -0.4 is 20.5 Å². The average Bonchev–Trinajstić information content (AvgIpc) is 2.80. The zero-order valence-electron chi connectivity index (χ0n) is 11.2. The van der Waals surface area contributed by atoms with Crippen LogP contribution in [0.3, 0.4) is 0 Å². The van der Waals surface area contributed by atoms with Gasteiger partial charge in [-0.25, -0.2) is 4.79 Å². The summed E-state index contributed by atoms with van der Waals surface area (Å²) in [7, 11) is 3.19. The molecule has 0 saturated carbocycles. The van der Waals surface area contributed by atoms with Crippen molar-refractivity contribution in [3.63, 3.8) is 0 Å². The molecule has 0 bridgehead atoms.